The molecule has 0 unspecified atom stereocenters. The van der Waals surface area contributed by atoms with Gasteiger partial charge < -0.3 is 15.1 Å². The van der Waals surface area contributed by atoms with Gasteiger partial charge in [0.25, 0.3) is 5.91 Å². The molecule has 2 N–H and O–H groups in total. The number of anilines is 1. The van der Waals surface area contributed by atoms with Crippen LogP contribution in [0.4, 0.5) is 5.69 Å². The third-order valence-corrected chi connectivity index (χ3v) is 3.50. The molecule has 2 heterocycles. The number of benzene rings is 1. The molecule has 0 atom stereocenters. The molecule has 0 radical (unpaired) electrons. The Bertz CT molecular complexity index is 742. The van der Waals surface area contributed by atoms with Gasteiger partial charge in [-0.15, -0.1) is 0 Å². The van der Waals surface area contributed by atoms with E-state index >= 15 is 0 Å². The third kappa shape index (κ3) is 2.20. The SMILES string of the molecule is O=C(O)c1ccc2c(c1)CCN2C(=O)c1ccncc1O. The fraction of sp³-hybridized carbons (Fsp3) is 0.133. The Morgan fingerprint density at radius 2 is 2.05 bits per heavy atom. The molecular weight excluding hydrogens is 272 g/mol. The number of carboxylic acids is 1. The summed E-state index contributed by atoms with van der Waals surface area (Å²) in [4.78, 5) is 28.7. The second kappa shape index (κ2) is 4.90. The van der Waals surface area contributed by atoms with Gasteiger partial charge in [-0.05, 0) is 36.2 Å². The van der Waals surface area contributed by atoms with Crippen LogP contribution in [0.5, 0.6) is 5.75 Å². The summed E-state index contributed by atoms with van der Waals surface area (Å²) < 4.78 is 0. The normalized spacial score (nSPS) is 13.0. The highest BCUT2D eigenvalue weighted by molar-refractivity contribution is 6.09. The Labute approximate surface area is 120 Å². The fourth-order valence-corrected chi connectivity index (χ4v) is 2.46. The quantitative estimate of drug-likeness (QED) is 0.875. The van der Waals surface area contributed by atoms with Crippen LogP contribution in [0.3, 0.4) is 0 Å². The predicted molar refractivity (Wildman–Crippen MR) is 74.7 cm³/mol. The van der Waals surface area contributed by atoms with E-state index < -0.39 is 5.97 Å². The standard InChI is InChI=1S/C15H12N2O4/c18-13-8-16-5-3-11(13)14(19)17-6-4-9-7-10(15(20)21)1-2-12(9)17/h1-3,5,7-8,18H,4,6H2,(H,20,21). The van der Waals surface area contributed by atoms with Crippen molar-refractivity contribution in [2.75, 3.05) is 11.4 Å². The molecule has 1 aromatic carbocycles. The molecule has 21 heavy (non-hydrogen) atoms. The van der Waals surface area contributed by atoms with Crippen molar-refractivity contribution in [3.8, 4) is 5.75 Å². The molecule has 0 bridgehead atoms. The molecule has 0 saturated heterocycles. The Balaban J connectivity index is 1.96. The predicted octanol–water partition coefficient (Wildman–Crippen LogP) is 1.69. The molecule has 0 spiro atoms. The minimum Gasteiger partial charge on any atom is -0.505 e. The van der Waals surface area contributed by atoms with Crippen LogP contribution in [0.1, 0.15) is 26.3 Å². The number of aromatic nitrogens is 1. The molecule has 1 amide bonds. The number of aromatic carboxylic acids is 1. The monoisotopic (exact) mass is 284 g/mol. The molecule has 1 aromatic heterocycles. The number of hydrogen-bond acceptors (Lipinski definition) is 4. The van der Waals surface area contributed by atoms with Crippen molar-refractivity contribution < 1.29 is 19.8 Å². The lowest BCUT2D eigenvalue weighted by molar-refractivity contribution is 0.0696. The van der Waals surface area contributed by atoms with Gasteiger partial charge in [0.15, 0.2) is 0 Å². The van der Waals surface area contributed by atoms with E-state index in [1.165, 1.54) is 29.4 Å². The number of hydrogen-bond donors (Lipinski definition) is 2. The molecule has 6 heteroatoms. The fourth-order valence-electron chi connectivity index (χ4n) is 2.46. The van der Waals surface area contributed by atoms with Gasteiger partial charge in [0.2, 0.25) is 0 Å². The van der Waals surface area contributed by atoms with Crippen LogP contribution < -0.4 is 4.90 Å². The number of aromatic hydroxyl groups is 1. The van der Waals surface area contributed by atoms with Crippen LogP contribution in [0.25, 0.3) is 0 Å². The molecule has 106 valence electrons. The van der Waals surface area contributed by atoms with Gasteiger partial charge in [-0.3, -0.25) is 9.78 Å². The molecule has 0 fully saturated rings. The van der Waals surface area contributed by atoms with Crippen LogP contribution in [0, 0.1) is 0 Å². The van der Waals surface area contributed by atoms with Crippen LogP contribution in [0.2, 0.25) is 0 Å². The summed E-state index contributed by atoms with van der Waals surface area (Å²) in [6.07, 6.45) is 3.25. The van der Waals surface area contributed by atoms with Crippen LogP contribution >= 0.6 is 0 Å². The highest BCUT2D eigenvalue weighted by Crippen LogP contribution is 2.31. The average Bonchev–Trinajstić information content (AvgIpc) is 2.90. The summed E-state index contributed by atoms with van der Waals surface area (Å²) in [5, 5.41) is 18.7. The number of amides is 1. The van der Waals surface area contributed by atoms with Gasteiger partial charge in [-0.2, -0.15) is 0 Å². The first-order chi connectivity index (χ1) is 10.1. The number of carbonyl (C=O) groups excluding carboxylic acids is 1. The van der Waals surface area contributed by atoms with Gasteiger partial charge in [0.05, 0.1) is 17.3 Å². The molecule has 2 aromatic rings. The summed E-state index contributed by atoms with van der Waals surface area (Å²) in [5.74, 6) is -1.48. The van der Waals surface area contributed by atoms with Crippen molar-refractivity contribution >= 4 is 17.6 Å². The van der Waals surface area contributed by atoms with Crippen molar-refractivity contribution in [3.05, 3.63) is 53.3 Å². The van der Waals surface area contributed by atoms with E-state index in [4.69, 9.17) is 5.11 Å². The van der Waals surface area contributed by atoms with E-state index in [0.29, 0.717) is 18.7 Å². The van der Waals surface area contributed by atoms with E-state index in [9.17, 15) is 14.7 Å². The Morgan fingerprint density at radius 1 is 1.24 bits per heavy atom. The van der Waals surface area contributed by atoms with E-state index in [-0.39, 0.29) is 22.8 Å². The summed E-state index contributed by atoms with van der Waals surface area (Å²) in [6, 6.07) is 6.14. The largest absolute Gasteiger partial charge is 0.505 e. The van der Waals surface area contributed by atoms with E-state index in [2.05, 4.69) is 4.98 Å². The minimum absolute atomic E-state index is 0.168. The van der Waals surface area contributed by atoms with Gasteiger partial charge in [0, 0.05) is 18.4 Å². The second-order valence-corrected chi connectivity index (χ2v) is 4.75. The number of rotatable bonds is 2. The lowest BCUT2D eigenvalue weighted by atomic mass is 10.1. The first-order valence-electron chi connectivity index (χ1n) is 6.39. The van der Waals surface area contributed by atoms with Crippen molar-refractivity contribution in [2.24, 2.45) is 0 Å². The van der Waals surface area contributed by atoms with Crippen LogP contribution in [-0.2, 0) is 6.42 Å². The third-order valence-electron chi connectivity index (χ3n) is 3.50. The highest BCUT2D eigenvalue weighted by atomic mass is 16.4. The zero-order valence-corrected chi connectivity index (χ0v) is 11.0. The van der Waals surface area contributed by atoms with Crippen molar-refractivity contribution in [1.29, 1.82) is 0 Å². The maximum absolute atomic E-state index is 12.5. The van der Waals surface area contributed by atoms with Crippen molar-refractivity contribution in [3.63, 3.8) is 0 Å². The Kier molecular flexibility index (Phi) is 3.06. The number of carboxylic acid groups (broad SMARTS) is 1. The first kappa shape index (κ1) is 13.1. The maximum atomic E-state index is 12.5. The molecule has 3 rings (SSSR count). The molecule has 1 aliphatic heterocycles. The zero-order valence-electron chi connectivity index (χ0n) is 11.0. The molecule has 1 aliphatic rings. The number of carbonyl (C=O) groups is 2. The Hall–Kier alpha value is -2.89. The van der Waals surface area contributed by atoms with E-state index in [1.807, 2.05) is 0 Å². The van der Waals surface area contributed by atoms with Crippen molar-refractivity contribution in [2.45, 2.75) is 6.42 Å². The summed E-state index contributed by atoms with van der Waals surface area (Å²) >= 11 is 0. The number of pyridine rings is 1. The molecule has 6 nitrogen and oxygen atoms in total. The van der Waals surface area contributed by atoms with Crippen LogP contribution in [-0.4, -0.2) is 33.6 Å². The summed E-state index contributed by atoms with van der Waals surface area (Å²) in [5.41, 5.74) is 1.88. The minimum atomic E-state index is -0.991. The summed E-state index contributed by atoms with van der Waals surface area (Å²) in [6.45, 7) is 0.457. The number of fused-ring (bicyclic) bond motifs is 1. The second-order valence-electron chi connectivity index (χ2n) is 4.75. The van der Waals surface area contributed by atoms with Crippen LogP contribution in [0.15, 0.2) is 36.7 Å². The smallest absolute Gasteiger partial charge is 0.335 e. The van der Waals surface area contributed by atoms with E-state index in [0.717, 1.165) is 5.56 Å². The van der Waals surface area contributed by atoms with Gasteiger partial charge in [0.1, 0.15) is 5.75 Å². The first-order valence-corrected chi connectivity index (χ1v) is 6.39. The molecule has 0 aliphatic carbocycles. The molecular formula is C15H12N2O4. The van der Waals surface area contributed by atoms with Gasteiger partial charge >= 0.3 is 5.97 Å². The van der Waals surface area contributed by atoms with Gasteiger partial charge in [-0.25, -0.2) is 4.79 Å². The topological polar surface area (TPSA) is 90.7 Å². The Morgan fingerprint density at radius 3 is 2.76 bits per heavy atom. The maximum Gasteiger partial charge on any atom is 0.335 e. The van der Waals surface area contributed by atoms with Crippen molar-refractivity contribution in [1.82, 2.24) is 4.98 Å². The lowest BCUT2D eigenvalue weighted by Gasteiger charge is -2.17. The summed E-state index contributed by atoms with van der Waals surface area (Å²) in [7, 11) is 0. The van der Waals surface area contributed by atoms with E-state index in [1.54, 1.807) is 12.1 Å². The number of nitrogens with zero attached hydrogens (tertiary/aromatic N) is 2. The average molecular weight is 284 g/mol. The lowest BCUT2D eigenvalue weighted by Crippen LogP contribution is -2.28. The highest BCUT2D eigenvalue weighted by Gasteiger charge is 2.27. The zero-order chi connectivity index (χ0) is 15.0. The van der Waals surface area contributed by atoms with Gasteiger partial charge in [-0.1, -0.05) is 0 Å². The molecule has 0 saturated carbocycles.